The van der Waals surface area contributed by atoms with Crippen molar-refractivity contribution in [3.63, 3.8) is 0 Å². The van der Waals surface area contributed by atoms with E-state index in [1.165, 1.54) is 0 Å². The molecule has 1 aliphatic rings. The molecule has 1 aromatic carbocycles. The smallest absolute Gasteiger partial charge is 0.320 e. The van der Waals surface area contributed by atoms with Gasteiger partial charge in [0.05, 0.1) is 0 Å². The van der Waals surface area contributed by atoms with E-state index >= 15 is 0 Å². The van der Waals surface area contributed by atoms with Crippen molar-refractivity contribution in [3.05, 3.63) is 29.8 Å². The molecule has 2 atom stereocenters. The summed E-state index contributed by atoms with van der Waals surface area (Å²) in [5.74, 6) is -0.592. The molecule has 1 heterocycles. The van der Waals surface area contributed by atoms with E-state index in [4.69, 9.17) is 5.11 Å². The van der Waals surface area contributed by atoms with Crippen LogP contribution in [0.15, 0.2) is 24.3 Å². The van der Waals surface area contributed by atoms with Crippen LogP contribution in [-0.4, -0.2) is 22.2 Å². The first-order chi connectivity index (χ1) is 7.16. The van der Waals surface area contributed by atoms with Crippen LogP contribution >= 0.6 is 0 Å². The molecular weight excluding hydrogens is 194 g/mol. The quantitative estimate of drug-likeness (QED) is 0.683. The molecule has 0 saturated carbocycles. The van der Waals surface area contributed by atoms with Crippen molar-refractivity contribution in [1.29, 1.82) is 0 Å². The summed E-state index contributed by atoms with van der Waals surface area (Å²) in [7, 11) is 0. The van der Waals surface area contributed by atoms with E-state index in [1.807, 2.05) is 6.07 Å². The molecule has 1 fully saturated rings. The van der Waals surface area contributed by atoms with Crippen molar-refractivity contribution >= 4 is 5.97 Å². The van der Waals surface area contributed by atoms with Crippen LogP contribution in [-0.2, 0) is 4.79 Å². The van der Waals surface area contributed by atoms with E-state index in [0.717, 1.165) is 12.0 Å². The molecule has 0 aromatic heterocycles. The van der Waals surface area contributed by atoms with E-state index in [0.29, 0.717) is 6.42 Å². The molecule has 0 aliphatic carbocycles. The molecule has 4 heteroatoms. The lowest BCUT2D eigenvalue weighted by molar-refractivity contribution is -0.139. The minimum Gasteiger partial charge on any atom is -0.508 e. The minimum absolute atomic E-state index is 0.0400. The van der Waals surface area contributed by atoms with Crippen molar-refractivity contribution in [2.45, 2.75) is 24.9 Å². The topological polar surface area (TPSA) is 69.6 Å². The van der Waals surface area contributed by atoms with Gasteiger partial charge in [0.1, 0.15) is 11.8 Å². The summed E-state index contributed by atoms with van der Waals surface area (Å²) in [6.45, 7) is 0. The Morgan fingerprint density at radius 3 is 2.80 bits per heavy atom. The summed E-state index contributed by atoms with van der Waals surface area (Å²) in [5, 5.41) is 21.1. The van der Waals surface area contributed by atoms with E-state index < -0.39 is 12.0 Å². The van der Waals surface area contributed by atoms with Crippen molar-refractivity contribution < 1.29 is 15.0 Å². The summed E-state index contributed by atoms with van der Waals surface area (Å²) in [4.78, 5) is 10.7. The Kier molecular flexibility index (Phi) is 2.60. The molecule has 3 N–H and O–H groups in total. The van der Waals surface area contributed by atoms with Gasteiger partial charge < -0.3 is 10.2 Å². The fourth-order valence-electron chi connectivity index (χ4n) is 1.94. The molecule has 80 valence electrons. The van der Waals surface area contributed by atoms with Gasteiger partial charge in [0.25, 0.3) is 0 Å². The average Bonchev–Trinajstić information content (AvgIpc) is 2.66. The van der Waals surface area contributed by atoms with Crippen LogP contribution in [0.2, 0.25) is 0 Å². The third kappa shape index (κ3) is 2.10. The van der Waals surface area contributed by atoms with E-state index in [-0.39, 0.29) is 11.8 Å². The first kappa shape index (κ1) is 9.98. The maximum atomic E-state index is 10.7. The van der Waals surface area contributed by atoms with Crippen LogP contribution in [0, 0.1) is 0 Å². The Bertz CT molecular complexity index is 378. The van der Waals surface area contributed by atoms with Crippen molar-refractivity contribution in [2.75, 3.05) is 0 Å². The number of benzene rings is 1. The van der Waals surface area contributed by atoms with Gasteiger partial charge in [0.15, 0.2) is 0 Å². The fraction of sp³-hybridized carbons (Fsp3) is 0.364. The number of phenols is 1. The number of carboxylic acid groups (broad SMARTS) is 1. The molecule has 0 amide bonds. The van der Waals surface area contributed by atoms with Gasteiger partial charge in [-0.25, -0.2) is 0 Å². The van der Waals surface area contributed by atoms with Gasteiger partial charge in [-0.05, 0) is 30.5 Å². The highest BCUT2D eigenvalue weighted by molar-refractivity contribution is 5.73. The standard InChI is InChI=1S/C11H13NO3/c13-8-3-1-2-7(6-8)9-4-5-10(12-9)11(14)15/h1-3,6,9-10,12-13H,4-5H2,(H,14,15)/t9?,10-/m0/s1. The third-order valence-electron chi connectivity index (χ3n) is 2.72. The van der Waals surface area contributed by atoms with Gasteiger partial charge in [-0.15, -0.1) is 0 Å². The Balaban J connectivity index is 2.11. The van der Waals surface area contributed by atoms with E-state index in [2.05, 4.69) is 5.32 Å². The molecule has 1 aromatic rings. The zero-order valence-electron chi connectivity index (χ0n) is 8.18. The second-order valence-corrected chi connectivity index (χ2v) is 3.78. The van der Waals surface area contributed by atoms with Gasteiger partial charge in [0.2, 0.25) is 0 Å². The number of nitrogens with one attached hydrogen (secondary N) is 1. The zero-order chi connectivity index (χ0) is 10.8. The normalized spacial score (nSPS) is 25.3. The fourth-order valence-corrected chi connectivity index (χ4v) is 1.94. The highest BCUT2D eigenvalue weighted by Gasteiger charge is 2.29. The SMILES string of the molecule is O=C(O)[C@@H]1CCC(c2cccc(O)c2)N1. The summed E-state index contributed by atoms with van der Waals surface area (Å²) in [6.07, 6.45) is 1.43. The highest BCUT2D eigenvalue weighted by atomic mass is 16.4. The summed E-state index contributed by atoms with van der Waals surface area (Å²) < 4.78 is 0. The van der Waals surface area contributed by atoms with Crippen molar-refractivity contribution in [2.24, 2.45) is 0 Å². The van der Waals surface area contributed by atoms with Crippen molar-refractivity contribution in [1.82, 2.24) is 5.32 Å². The predicted molar refractivity (Wildman–Crippen MR) is 54.6 cm³/mol. The zero-order valence-corrected chi connectivity index (χ0v) is 8.18. The second kappa shape index (κ2) is 3.90. The van der Waals surface area contributed by atoms with Gasteiger partial charge in [0, 0.05) is 6.04 Å². The summed E-state index contributed by atoms with van der Waals surface area (Å²) >= 11 is 0. The number of hydrogen-bond donors (Lipinski definition) is 3. The molecule has 0 radical (unpaired) electrons. The highest BCUT2D eigenvalue weighted by Crippen LogP contribution is 2.28. The van der Waals surface area contributed by atoms with E-state index in [9.17, 15) is 9.90 Å². The predicted octanol–water partition coefficient (Wildman–Crippen LogP) is 1.27. The van der Waals surface area contributed by atoms with Crippen LogP contribution in [0.4, 0.5) is 0 Å². The van der Waals surface area contributed by atoms with Gasteiger partial charge in [-0.2, -0.15) is 0 Å². The van der Waals surface area contributed by atoms with Crippen LogP contribution in [0.25, 0.3) is 0 Å². The minimum atomic E-state index is -0.808. The first-order valence-corrected chi connectivity index (χ1v) is 4.94. The van der Waals surface area contributed by atoms with Crippen molar-refractivity contribution in [3.8, 4) is 5.75 Å². The average molecular weight is 207 g/mol. The number of carbonyl (C=O) groups is 1. The maximum Gasteiger partial charge on any atom is 0.320 e. The molecular formula is C11H13NO3. The number of hydrogen-bond acceptors (Lipinski definition) is 3. The Labute approximate surface area is 87.6 Å². The van der Waals surface area contributed by atoms with E-state index in [1.54, 1.807) is 18.2 Å². The lowest BCUT2D eigenvalue weighted by atomic mass is 10.1. The van der Waals surface area contributed by atoms with Crippen LogP contribution in [0.3, 0.4) is 0 Å². The second-order valence-electron chi connectivity index (χ2n) is 3.78. The Hall–Kier alpha value is -1.55. The Morgan fingerprint density at radius 2 is 2.20 bits per heavy atom. The summed E-state index contributed by atoms with van der Waals surface area (Å²) in [5.41, 5.74) is 0.943. The molecule has 0 bridgehead atoms. The molecule has 2 rings (SSSR count). The van der Waals surface area contributed by atoms with Gasteiger partial charge in [-0.1, -0.05) is 12.1 Å². The number of phenolic OH excluding ortho intramolecular Hbond substituents is 1. The van der Waals surface area contributed by atoms with Crippen LogP contribution in [0.5, 0.6) is 5.75 Å². The Morgan fingerprint density at radius 1 is 1.40 bits per heavy atom. The van der Waals surface area contributed by atoms with Crippen LogP contribution < -0.4 is 5.32 Å². The summed E-state index contributed by atoms with van der Waals surface area (Å²) in [6, 6.07) is 6.51. The lowest BCUT2D eigenvalue weighted by Crippen LogP contribution is -2.31. The molecule has 15 heavy (non-hydrogen) atoms. The monoisotopic (exact) mass is 207 g/mol. The number of aromatic hydroxyl groups is 1. The number of rotatable bonds is 2. The van der Waals surface area contributed by atoms with Gasteiger partial charge >= 0.3 is 5.97 Å². The molecule has 1 unspecified atom stereocenters. The molecule has 0 spiro atoms. The third-order valence-corrected chi connectivity index (χ3v) is 2.72. The number of aliphatic carboxylic acids is 1. The largest absolute Gasteiger partial charge is 0.508 e. The number of carboxylic acids is 1. The first-order valence-electron chi connectivity index (χ1n) is 4.94. The van der Waals surface area contributed by atoms with Crippen LogP contribution in [0.1, 0.15) is 24.4 Å². The van der Waals surface area contributed by atoms with Gasteiger partial charge in [-0.3, -0.25) is 10.1 Å². The molecule has 4 nitrogen and oxygen atoms in total. The molecule has 1 saturated heterocycles. The maximum absolute atomic E-state index is 10.7. The lowest BCUT2D eigenvalue weighted by Gasteiger charge is -2.12. The molecule has 1 aliphatic heterocycles.